The average Bonchev–Trinajstić information content (AvgIpc) is 2.64. The van der Waals surface area contributed by atoms with Crippen molar-refractivity contribution >= 4 is 29.9 Å². The van der Waals surface area contributed by atoms with Crippen molar-refractivity contribution < 1.29 is 9.47 Å². The maximum atomic E-state index is 5.45. The molecule has 0 amide bonds. The molecule has 0 spiro atoms. The van der Waals surface area contributed by atoms with E-state index in [-0.39, 0.29) is 24.0 Å². The van der Waals surface area contributed by atoms with Crippen molar-refractivity contribution in [3.63, 3.8) is 0 Å². The van der Waals surface area contributed by atoms with Crippen LogP contribution in [-0.2, 0) is 9.47 Å². The number of halogens is 1. The van der Waals surface area contributed by atoms with Gasteiger partial charge >= 0.3 is 0 Å². The minimum atomic E-state index is 0. The third-order valence-electron chi connectivity index (χ3n) is 4.51. The Labute approximate surface area is 177 Å². The van der Waals surface area contributed by atoms with Gasteiger partial charge in [-0.3, -0.25) is 4.99 Å². The Kier molecular flexibility index (Phi) is 16.9. The third kappa shape index (κ3) is 12.3. The molecule has 26 heavy (non-hydrogen) atoms. The van der Waals surface area contributed by atoms with Crippen LogP contribution in [0.15, 0.2) is 4.99 Å². The molecule has 0 radical (unpaired) electrons. The lowest BCUT2D eigenvalue weighted by atomic mass is 10.1. The summed E-state index contributed by atoms with van der Waals surface area (Å²) in [5, 5.41) is 6.77. The summed E-state index contributed by atoms with van der Waals surface area (Å²) in [6, 6.07) is 0. The molecular weight excluding hydrogens is 445 g/mol. The largest absolute Gasteiger partial charge is 0.382 e. The molecule has 0 saturated carbocycles. The Balaban J connectivity index is 0.00000625. The maximum Gasteiger partial charge on any atom is 0.190 e. The number of hydrogen-bond acceptors (Lipinski definition) is 5. The van der Waals surface area contributed by atoms with E-state index in [1.807, 2.05) is 7.05 Å². The van der Waals surface area contributed by atoms with Gasteiger partial charge in [0.15, 0.2) is 5.96 Å². The van der Waals surface area contributed by atoms with Crippen molar-refractivity contribution in [2.24, 2.45) is 10.9 Å². The van der Waals surface area contributed by atoms with Crippen LogP contribution < -0.4 is 10.6 Å². The summed E-state index contributed by atoms with van der Waals surface area (Å²) in [5.41, 5.74) is 0. The van der Waals surface area contributed by atoms with Gasteiger partial charge in [-0.2, -0.15) is 0 Å². The van der Waals surface area contributed by atoms with Gasteiger partial charge in [0.2, 0.25) is 0 Å². The zero-order valence-electron chi connectivity index (χ0n) is 17.1. The average molecular weight is 485 g/mol. The molecule has 0 aromatic heterocycles. The van der Waals surface area contributed by atoms with Crippen LogP contribution in [0.5, 0.6) is 0 Å². The molecule has 1 heterocycles. The Morgan fingerprint density at radius 3 is 2.38 bits per heavy atom. The lowest BCUT2D eigenvalue weighted by molar-refractivity contribution is 0.0698. The van der Waals surface area contributed by atoms with Crippen molar-refractivity contribution in [1.82, 2.24) is 20.4 Å². The second-order valence-corrected chi connectivity index (χ2v) is 6.68. The van der Waals surface area contributed by atoms with Crippen molar-refractivity contribution in [3.05, 3.63) is 0 Å². The van der Waals surface area contributed by atoms with Crippen molar-refractivity contribution in [3.8, 4) is 0 Å². The van der Waals surface area contributed by atoms with Crippen LogP contribution in [-0.4, -0.2) is 102 Å². The van der Waals surface area contributed by atoms with Gasteiger partial charge in [0.1, 0.15) is 0 Å². The predicted molar refractivity (Wildman–Crippen MR) is 120 cm³/mol. The second kappa shape index (κ2) is 17.0. The fraction of sp³-hybridized carbons (Fsp3) is 0.944. The molecule has 8 heteroatoms. The first-order valence-corrected chi connectivity index (χ1v) is 9.65. The third-order valence-corrected chi connectivity index (χ3v) is 4.51. The van der Waals surface area contributed by atoms with Gasteiger partial charge in [-0.05, 0) is 18.9 Å². The standard InChI is InChI=1S/C18H39N5O2.HI/c1-5-22-8-10-23(11-9-22)16-17(2)15-21-18(19-3)20-7-6-12-25-14-13-24-4;/h17H,5-16H2,1-4H3,(H2,19,20,21);1H. The molecule has 1 saturated heterocycles. The van der Waals surface area contributed by atoms with Crippen LogP contribution in [0.25, 0.3) is 0 Å². The van der Waals surface area contributed by atoms with E-state index in [0.717, 1.165) is 38.6 Å². The van der Waals surface area contributed by atoms with Crippen LogP contribution in [0.2, 0.25) is 0 Å². The highest BCUT2D eigenvalue weighted by Gasteiger charge is 2.17. The van der Waals surface area contributed by atoms with Gasteiger partial charge in [-0.15, -0.1) is 24.0 Å². The fourth-order valence-electron chi connectivity index (χ4n) is 2.91. The van der Waals surface area contributed by atoms with E-state index in [1.165, 1.54) is 32.7 Å². The summed E-state index contributed by atoms with van der Waals surface area (Å²) in [5.74, 6) is 1.48. The predicted octanol–water partition coefficient (Wildman–Crippen LogP) is 1.10. The number of nitrogens with zero attached hydrogens (tertiary/aromatic N) is 3. The van der Waals surface area contributed by atoms with Crippen LogP contribution >= 0.6 is 24.0 Å². The first kappa shape index (κ1) is 25.8. The smallest absolute Gasteiger partial charge is 0.190 e. The topological polar surface area (TPSA) is 61.4 Å². The van der Waals surface area contributed by atoms with E-state index in [0.29, 0.717) is 19.1 Å². The number of ether oxygens (including phenoxy) is 2. The van der Waals surface area contributed by atoms with Gasteiger partial charge < -0.3 is 29.9 Å². The molecule has 1 atom stereocenters. The monoisotopic (exact) mass is 485 g/mol. The molecule has 0 aliphatic carbocycles. The van der Waals surface area contributed by atoms with Crippen LogP contribution in [0, 0.1) is 5.92 Å². The molecule has 2 N–H and O–H groups in total. The zero-order chi connectivity index (χ0) is 18.3. The highest BCUT2D eigenvalue weighted by Crippen LogP contribution is 2.05. The Morgan fingerprint density at radius 1 is 1.08 bits per heavy atom. The normalized spacial score (nSPS) is 17.6. The minimum Gasteiger partial charge on any atom is -0.382 e. The van der Waals surface area contributed by atoms with Crippen molar-refractivity contribution in [2.75, 3.05) is 86.3 Å². The van der Waals surface area contributed by atoms with Gasteiger partial charge in [0.05, 0.1) is 13.2 Å². The number of hydrogen-bond donors (Lipinski definition) is 2. The minimum absolute atomic E-state index is 0. The number of nitrogens with one attached hydrogen (secondary N) is 2. The summed E-state index contributed by atoms with van der Waals surface area (Å²) < 4.78 is 10.4. The molecule has 0 aromatic rings. The van der Waals surface area contributed by atoms with E-state index in [2.05, 4.69) is 39.3 Å². The molecule has 1 unspecified atom stereocenters. The molecule has 7 nitrogen and oxygen atoms in total. The molecule has 0 bridgehead atoms. The van der Waals surface area contributed by atoms with Crippen LogP contribution in [0.4, 0.5) is 0 Å². The first-order valence-electron chi connectivity index (χ1n) is 9.65. The fourth-order valence-corrected chi connectivity index (χ4v) is 2.91. The molecular formula is C18H40IN5O2. The summed E-state index contributed by atoms with van der Waals surface area (Å²) in [4.78, 5) is 9.38. The Morgan fingerprint density at radius 2 is 1.77 bits per heavy atom. The van der Waals surface area contributed by atoms with E-state index < -0.39 is 0 Å². The highest BCUT2D eigenvalue weighted by molar-refractivity contribution is 14.0. The number of rotatable bonds is 12. The number of piperazine rings is 1. The number of guanidine groups is 1. The number of methoxy groups -OCH3 is 1. The zero-order valence-corrected chi connectivity index (χ0v) is 19.5. The van der Waals surface area contributed by atoms with E-state index in [1.54, 1.807) is 7.11 Å². The summed E-state index contributed by atoms with van der Waals surface area (Å²) >= 11 is 0. The SMILES string of the molecule is CCN1CCN(CC(C)CNC(=NC)NCCCOCCOC)CC1.I. The summed E-state index contributed by atoms with van der Waals surface area (Å²) in [6.07, 6.45) is 0.960. The Bertz CT molecular complexity index is 352. The molecule has 156 valence electrons. The molecule has 1 aliphatic heterocycles. The quantitative estimate of drug-likeness (QED) is 0.187. The molecule has 1 fully saturated rings. The van der Waals surface area contributed by atoms with E-state index in [4.69, 9.17) is 9.47 Å². The van der Waals surface area contributed by atoms with Gasteiger partial charge in [-0.1, -0.05) is 13.8 Å². The van der Waals surface area contributed by atoms with Crippen LogP contribution in [0.1, 0.15) is 20.3 Å². The van der Waals surface area contributed by atoms with Crippen LogP contribution in [0.3, 0.4) is 0 Å². The summed E-state index contributed by atoms with van der Waals surface area (Å²) in [6.45, 7) is 15.5. The number of aliphatic imine (C=N–C) groups is 1. The van der Waals surface area contributed by atoms with E-state index in [9.17, 15) is 0 Å². The van der Waals surface area contributed by atoms with Crippen molar-refractivity contribution in [2.45, 2.75) is 20.3 Å². The van der Waals surface area contributed by atoms with E-state index >= 15 is 0 Å². The van der Waals surface area contributed by atoms with Gasteiger partial charge in [0.25, 0.3) is 0 Å². The molecule has 0 aromatic carbocycles. The molecule has 1 rings (SSSR count). The first-order chi connectivity index (χ1) is 12.2. The number of likely N-dealkylation sites (N-methyl/N-ethyl adjacent to an activating group) is 1. The Hall–Kier alpha value is -0.160. The van der Waals surface area contributed by atoms with Gasteiger partial charge in [0, 0.05) is 66.6 Å². The highest BCUT2D eigenvalue weighted by atomic mass is 127. The lowest BCUT2D eigenvalue weighted by Gasteiger charge is -2.35. The molecule has 1 aliphatic rings. The van der Waals surface area contributed by atoms with Crippen molar-refractivity contribution in [1.29, 1.82) is 0 Å². The summed E-state index contributed by atoms with van der Waals surface area (Å²) in [7, 11) is 3.51. The second-order valence-electron chi connectivity index (χ2n) is 6.68. The maximum absolute atomic E-state index is 5.45. The van der Waals surface area contributed by atoms with Gasteiger partial charge in [-0.25, -0.2) is 0 Å². The lowest BCUT2D eigenvalue weighted by Crippen LogP contribution is -2.48.